The fraction of sp³-hybridized carbons (Fsp3) is 0.929. The van der Waals surface area contributed by atoms with Crippen molar-refractivity contribution in [2.24, 2.45) is 0 Å². The predicted octanol–water partition coefficient (Wildman–Crippen LogP) is 1.54. The van der Waals surface area contributed by atoms with Crippen molar-refractivity contribution in [1.29, 1.82) is 5.26 Å². The van der Waals surface area contributed by atoms with E-state index in [0.717, 1.165) is 32.6 Å². The Morgan fingerprint density at radius 1 is 1.33 bits per heavy atom. The maximum atomic E-state index is 9.37. The van der Waals surface area contributed by atoms with Gasteiger partial charge in [-0.15, -0.1) is 0 Å². The summed E-state index contributed by atoms with van der Waals surface area (Å²) in [5.74, 6) is 0. The minimum Gasteiger partial charge on any atom is -0.308 e. The third-order valence-corrected chi connectivity index (χ3v) is 3.19. The maximum Gasteiger partial charge on any atom is 0.116 e. The van der Waals surface area contributed by atoms with Crippen LogP contribution in [0.25, 0.3) is 0 Å². The first-order valence-corrected chi connectivity index (χ1v) is 6.93. The molecule has 0 radical (unpaired) electrons. The summed E-state index contributed by atoms with van der Waals surface area (Å²) in [6.45, 7) is 12.2. The van der Waals surface area contributed by atoms with Crippen LogP contribution in [0, 0.1) is 11.3 Å². The summed E-state index contributed by atoms with van der Waals surface area (Å²) in [4.78, 5) is 4.56. The van der Waals surface area contributed by atoms with E-state index in [1.54, 1.807) is 0 Å². The Bertz CT molecular complexity index is 259. The molecule has 0 aromatic carbocycles. The molecular formula is C14H30N4. The van der Waals surface area contributed by atoms with Gasteiger partial charge in [-0.1, -0.05) is 13.8 Å². The van der Waals surface area contributed by atoms with E-state index in [1.807, 2.05) is 6.92 Å². The quantitative estimate of drug-likeness (QED) is 0.678. The lowest BCUT2D eigenvalue weighted by Crippen LogP contribution is -2.54. The summed E-state index contributed by atoms with van der Waals surface area (Å²) in [5, 5.41) is 12.7. The van der Waals surface area contributed by atoms with Gasteiger partial charge in [-0.3, -0.25) is 10.2 Å². The second-order valence-electron chi connectivity index (χ2n) is 5.55. The van der Waals surface area contributed by atoms with Crippen molar-refractivity contribution in [1.82, 2.24) is 15.1 Å². The van der Waals surface area contributed by atoms with Gasteiger partial charge in [0, 0.05) is 19.1 Å². The maximum absolute atomic E-state index is 9.37. The Hall–Kier alpha value is -0.630. The average Bonchev–Trinajstić information content (AvgIpc) is 2.32. The van der Waals surface area contributed by atoms with E-state index in [9.17, 15) is 5.26 Å². The van der Waals surface area contributed by atoms with E-state index < -0.39 is 5.54 Å². The molecule has 0 heterocycles. The first-order chi connectivity index (χ1) is 8.38. The molecule has 2 unspecified atom stereocenters. The molecule has 18 heavy (non-hydrogen) atoms. The Balaban J connectivity index is 4.53. The molecular weight excluding hydrogens is 224 g/mol. The topological polar surface area (TPSA) is 42.3 Å². The van der Waals surface area contributed by atoms with Gasteiger partial charge < -0.3 is 4.90 Å². The molecule has 0 aliphatic rings. The lowest BCUT2D eigenvalue weighted by Gasteiger charge is -2.35. The molecule has 0 saturated heterocycles. The van der Waals surface area contributed by atoms with Gasteiger partial charge in [0.25, 0.3) is 0 Å². The first-order valence-electron chi connectivity index (χ1n) is 6.93. The number of rotatable bonds is 9. The van der Waals surface area contributed by atoms with E-state index >= 15 is 0 Å². The van der Waals surface area contributed by atoms with Gasteiger partial charge in [0.05, 0.1) is 6.07 Å². The molecule has 0 spiro atoms. The Labute approximate surface area is 113 Å². The van der Waals surface area contributed by atoms with Gasteiger partial charge in [-0.25, -0.2) is 0 Å². The predicted molar refractivity (Wildman–Crippen MR) is 77.6 cm³/mol. The lowest BCUT2D eigenvalue weighted by atomic mass is 10.0. The zero-order valence-electron chi connectivity index (χ0n) is 13.0. The van der Waals surface area contributed by atoms with Crippen LogP contribution >= 0.6 is 0 Å². The molecule has 0 fully saturated rings. The molecule has 0 aromatic heterocycles. The van der Waals surface area contributed by atoms with E-state index in [4.69, 9.17) is 0 Å². The SMILES string of the molecule is CCCNC(C)(C#N)CN(CC)C(C)CN(C)C. The van der Waals surface area contributed by atoms with Crippen molar-refractivity contribution >= 4 is 0 Å². The third kappa shape index (κ3) is 6.34. The van der Waals surface area contributed by atoms with Crippen LogP contribution in [-0.4, -0.2) is 61.7 Å². The van der Waals surface area contributed by atoms with Crippen molar-refractivity contribution in [3.8, 4) is 6.07 Å². The lowest BCUT2D eigenvalue weighted by molar-refractivity contribution is 0.152. The molecule has 106 valence electrons. The van der Waals surface area contributed by atoms with Crippen LogP contribution in [0.4, 0.5) is 0 Å². The number of nitriles is 1. The molecule has 4 heteroatoms. The van der Waals surface area contributed by atoms with Crippen LogP contribution in [0.2, 0.25) is 0 Å². The summed E-state index contributed by atoms with van der Waals surface area (Å²) in [7, 11) is 4.17. The summed E-state index contributed by atoms with van der Waals surface area (Å²) >= 11 is 0. The van der Waals surface area contributed by atoms with Crippen LogP contribution in [-0.2, 0) is 0 Å². The van der Waals surface area contributed by atoms with Gasteiger partial charge in [0.15, 0.2) is 0 Å². The van der Waals surface area contributed by atoms with Crippen molar-refractivity contribution in [3.63, 3.8) is 0 Å². The fourth-order valence-corrected chi connectivity index (χ4v) is 2.16. The van der Waals surface area contributed by atoms with E-state index in [2.05, 4.69) is 56.1 Å². The van der Waals surface area contributed by atoms with E-state index in [0.29, 0.717) is 6.04 Å². The highest BCUT2D eigenvalue weighted by Gasteiger charge is 2.27. The van der Waals surface area contributed by atoms with Gasteiger partial charge in [-0.05, 0) is 47.5 Å². The standard InChI is InChI=1S/C14H30N4/c1-7-9-16-14(4,11-15)12-18(8-2)13(3)10-17(5)6/h13,16H,7-10,12H2,1-6H3. The van der Waals surface area contributed by atoms with Gasteiger partial charge in [0.2, 0.25) is 0 Å². The van der Waals surface area contributed by atoms with E-state index in [1.165, 1.54) is 0 Å². The molecule has 1 N–H and O–H groups in total. The fourth-order valence-electron chi connectivity index (χ4n) is 2.16. The monoisotopic (exact) mass is 254 g/mol. The zero-order valence-corrected chi connectivity index (χ0v) is 13.0. The third-order valence-electron chi connectivity index (χ3n) is 3.19. The summed E-state index contributed by atoms with van der Waals surface area (Å²) in [6.07, 6.45) is 1.05. The summed E-state index contributed by atoms with van der Waals surface area (Å²) < 4.78 is 0. The molecule has 4 nitrogen and oxygen atoms in total. The van der Waals surface area contributed by atoms with Gasteiger partial charge in [0.1, 0.15) is 5.54 Å². The second-order valence-corrected chi connectivity index (χ2v) is 5.55. The molecule has 0 aliphatic carbocycles. The molecule has 0 aromatic rings. The first kappa shape index (κ1) is 17.4. The normalized spacial score (nSPS) is 16.6. The smallest absolute Gasteiger partial charge is 0.116 e. The van der Waals surface area contributed by atoms with Gasteiger partial charge in [-0.2, -0.15) is 5.26 Å². The van der Waals surface area contributed by atoms with Crippen molar-refractivity contribution in [2.45, 2.75) is 45.7 Å². The average molecular weight is 254 g/mol. The highest BCUT2D eigenvalue weighted by Crippen LogP contribution is 2.09. The highest BCUT2D eigenvalue weighted by atomic mass is 15.2. The molecule has 2 atom stereocenters. The Kier molecular flexibility index (Phi) is 8.17. The largest absolute Gasteiger partial charge is 0.308 e. The molecule has 0 aliphatic heterocycles. The van der Waals surface area contributed by atoms with Crippen molar-refractivity contribution in [2.75, 3.05) is 40.3 Å². The van der Waals surface area contributed by atoms with Crippen LogP contribution in [0.1, 0.15) is 34.1 Å². The zero-order chi connectivity index (χ0) is 14.2. The minimum atomic E-state index is -0.452. The van der Waals surface area contributed by atoms with E-state index in [-0.39, 0.29) is 0 Å². The molecule has 0 saturated carbocycles. The Morgan fingerprint density at radius 2 is 1.94 bits per heavy atom. The molecule has 0 bridgehead atoms. The minimum absolute atomic E-state index is 0.452. The van der Waals surface area contributed by atoms with Crippen molar-refractivity contribution in [3.05, 3.63) is 0 Å². The number of nitrogens with one attached hydrogen (secondary N) is 1. The molecule has 0 rings (SSSR count). The Morgan fingerprint density at radius 3 is 2.33 bits per heavy atom. The summed E-state index contributed by atoms with van der Waals surface area (Å²) in [6, 6.07) is 2.88. The van der Waals surface area contributed by atoms with Crippen LogP contribution < -0.4 is 5.32 Å². The number of hydrogen-bond donors (Lipinski definition) is 1. The van der Waals surface area contributed by atoms with Crippen LogP contribution in [0.5, 0.6) is 0 Å². The number of hydrogen-bond acceptors (Lipinski definition) is 4. The summed E-state index contributed by atoms with van der Waals surface area (Å²) in [5.41, 5.74) is -0.452. The van der Waals surface area contributed by atoms with Crippen LogP contribution in [0.15, 0.2) is 0 Å². The number of likely N-dealkylation sites (N-methyl/N-ethyl adjacent to an activating group) is 2. The van der Waals surface area contributed by atoms with Crippen LogP contribution in [0.3, 0.4) is 0 Å². The van der Waals surface area contributed by atoms with Gasteiger partial charge >= 0.3 is 0 Å². The number of nitrogens with zero attached hydrogens (tertiary/aromatic N) is 3. The second kappa shape index (κ2) is 8.47. The molecule has 0 amide bonds. The highest BCUT2D eigenvalue weighted by molar-refractivity contribution is 5.06. The van der Waals surface area contributed by atoms with Crippen molar-refractivity contribution < 1.29 is 0 Å².